The van der Waals surface area contributed by atoms with E-state index in [-0.39, 0.29) is 30.2 Å². The number of hydrogen-bond donors (Lipinski definition) is 2. The van der Waals surface area contributed by atoms with Crippen LogP contribution < -0.4 is 5.32 Å². The van der Waals surface area contributed by atoms with Crippen molar-refractivity contribution in [3.8, 4) is 22.5 Å². The van der Waals surface area contributed by atoms with Crippen LogP contribution in [0.1, 0.15) is 33.6 Å². The molecule has 36 heavy (non-hydrogen) atoms. The normalized spacial score (nSPS) is 15.8. The molecule has 0 radical (unpaired) electrons. The molecule has 1 aromatic heterocycles. The summed E-state index contributed by atoms with van der Waals surface area (Å²) in [6.07, 6.45) is 1.81. The number of furan rings is 1. The van der Waals surface area contributed by atoms with Gasteiger partial charge in [0, 0.05) is 43.3 Å². The Morgan fingerprint density at radius 2 is 1.81 bits per heavy atom. The Kier molecular flexibility index (Phi) is 6.57. The van der Waals surface area contributed by atoms with Crippen LogP contribution in [0.25, 0.3) is 33.4 Å². The third kappa shape index (κ3) is 4.50. The van der Waals surface area contributed by atoms with E-state index in [1.807, 2.05) is 30.3 Å². The standard InChI is InChI=1S/C29H27FN2O4/c1-31-28(34)26-24-15-21(9-12-25(24)36-27(26)19-7-10-23(30)11-8-19)20-5-2-6-22(14-20)29(35)32-13-3-4-18(16-32)17-33/h2,5-12,14-15,18,33H,3-4,13,16-17H2,1H3,(H,31,34). The molecule has 1 aliphatic rings. The predicted molar refractivity (Wildman–Crippen MR) is 136 cm³/mol. The number of carbonyl (C=O) groups excluding carboxylic acids is 2. The number of nitrogens with zero attached hydrogens (tertiary/aromatic N) is 1. The van der Waals surface area contributed by atoms with Crippen LogP contribution >= 0.6 is 0 Å². The van der Waals surface area contributed by atoms with Gasteiger partial charge >= 0.3 is 0 Å². The molecule has 5 rings (SSSR count). The number of aliphatic hydroxyl groups is 1. The summed E-state index contributed by atoms with van der Waals surface area (Å²) in [7, 11) is 1.55. The predicted octanol–water partition coefficient (Wildman–Crippen LogP) is 5.11. The molecule has 2 amide bonds. The topological polar surface area (TPSA) is 82.8 Å². The first kappa shape index (κ1) is 23.8. The monoisotopic (exact) mass is 486 g/mol. The highest BCUT2D eigenvalue weighted by atomic mass is 19.1. The number of hydrogen-bond acceptors (Lipinski definition) is 4. The van der Waals surface area contributed by atoms with E-state index in [0.717, 1.165) is 24.0 Å². The highest BCUT2D eigenvalue weighted by molar-refractivity contribution is 6.11. The fourth-order valence-electron chi connectivity index (χ4n) is 4.85. The Bertz CT molecular complexity index is 1430. The summed E-state index contributed by atoms with van der Waals surface area (Å²) >= 11 is 0. The molecule has 1 aliphatic heterocycles. The van der Waals surface area contributed by atoms with Gasteiger partial charge < -0.3 is 19.7 Å². The van der Waals surface area contributed by atoms with Crippen molar-refractivity contribution >= 4 is 22.8 Å². The van der Waals surface area contributed by atoms with Crippen molar-refractivity contribution in [2.24, 2.45) is 5.92 Å². The van der Waals surface area contributed by atoms with Crippen LogP contribution in [-0.2, 0) is 0 Å². The number of nitrogens with one attached hydrogen (secondary N) is 1. The summed E-state index contributed by atoms with van der Waals surface area (Å²) in [5.74, 6) is -0.243. The van der Waals surface area contributed by atoms with E-state index < -0.39 is 0 Å². The molecular weight excluding hydrogens is 459 g/mol. The van der Waals surface area contributed by atoms with Gasteiger partial charge in [-0.15, -0.1) is 0 Å². The van der Waals surface area contributed by atoms with Gasteiger partial charge in [0.15, 0.2) is 0 Å². The minimum absolute atomic E-state index is 0.0518. The number of benzene rings is 3. The van der Waals surface area contributed by atoms with Gasteiger partial charge in [-0.1, -0.05) is 18.2 Å². The van der Waals surface area contributed by atoms with Crippen LogP contribution in [0, 0.1) is 11.7 Å². The summed E-state index contributed by atoms with van der Waals surface area (Å²) in [4.78, 5) is 27.8. The van der Waals surface area contributed by atoms with Gasteiger partial charge in [-0.25, -0.2) is 4.39 Å². The molecule has 1 saturated heterocycles. The van der Waals surface area contributed by atoms with Crippen molar-refractivity contribution in [1.29, 1.82) is 0 Å². The summed E-state index contributed by atoms with van der Waals surface area (Å²) in [6.45, 7) is 1.33. The van der Waals surface area contributed by atoms with Crippen molar-refractivity contribution in [2.45, 2.75) is 12.8 Å². The Balaban J connectivity index is 1.53. The summed E-state index contributed by atoms with van der Waals surface area (Å²) in [6, 6.07) is 18.8. The van der Waals surface area contributed by atoms with E-state index in [9.17, 15) is 19.1 Å². The average Bonchev–Trinajstić information content (AvgIpc) is 3.31. The zero-order valence-corrected chi connectivity index (χ0v) is 20.0. The SMILES string of the molecule is CNC(=O)c1c(-c2ccc(F)cc2)oc2ccc(-c3cccc(C(=O)N4CCCC(CO)C4)c3)cc12. The molecule has 2 heterocycles. The lowest BCUT2D eigenvalue weighted by molar-refractivity contribution is 0.0620. The Hall–Kier alpha value is -3.97. The van der Waals surface area contributed by atoms with E-state index in [2.05, 4.69) is 5.32 Å². The molecule has 0 saturated carbocycles. The maximum Gasteiger partial charge on any atom is 0.255 e. The van der Waals surface area contributed by atoms with E-state index >= 15 is 0 Å². The van der Waals surface area contributed by atoms with Crippen LogP contribution in [0.4, 0.5) is 4.39 Å². The molecule has 7 heteroatoms. The molecule has 4 aromatic rings. The number of carbonyl (C=O) groups is 2. The second-order valence-corrected chi connectivity index (χ2v) is 9.13. The number of halogens is 1. The van der Waals surface area contributed by atoms with Gasteiger partial charge in [0.05, 0.1) is 5.56 Å². The van der Waals surface area contributed by atoms with Gasteiger partial charge in [0.2, 0.25) is 0 Å². The zero-order valence-electron chi connectivity index (χ0n) is 20.0. The summed E-state index contributed by atoms with van der Waals surface area (Å²) < 4.78 is 19.5. The van der Waals surface area contributed by atoms with E-state index in [0.29, 0.717) is 46.5 Å². The first-order valence-corrected chi connectivity index (χ1v) is 12.0. The molecule has 1 unspecified atom stereocenters. The number of aliphatic hydroxyl groups excluding tert-OH is 1. The summed E-state index contributed by atoms with van der Waals surface area (Å²) in [5, 5.41) is 12.8. The number of piperidine rings is 1. The minimum atomic E-state index is -0.371. The van der Waals surface area contributed by atoms with E-state index in [1.54, 1.807) is 36.2 Å². The maximum atomic E-state index is 13.5. The van der Waals surface area contributed by atoms with Crippen LogP contribution in [-0.4, -0.2) is 48.6 Å². The van der Waals surface area contributed by atoms with Gasteiger partial charge in [0.25, 0.3) is 11.8 Å². The molecule has 0 bridgehead atoms. The van der Waals surface area contributed by atoms with Crippen LogP contribution in [0.5, 0.6) is 0 Å². The van der Waals surface area contributed by atoms with Gasteiger partial charge in [0.1, 0.15) is 17.2 Å². The lowest BCUT2D eigenvalue weighted by Gasteiger charge is -2.32. The quantitative estimate of drug-likeness (QED) is 0.411. The number of rotatable bonds is 5. The van der Waals surface area contributed by atoms with E-state index in [4.69, 9.17) is 4.42 Å². The lowest BCUT2D eigenvalue weighted by atomic mass is 9.97. The minimum Gasteiger partial charge on any atom is -0.455 e. The van der Waals surface area contributed by atoms with E-state index in [1.165, 1.54) is 12.1 Å². The van der Waals surface area contributed by atoms with Crippen molar-refractivity contribution in [1.82, 2.24) is 10.2 Å². The molecule has 3 aromatic carbocycles. The summed E-state index contributed by atoms with van der Waals surface area (Å²) in [5.41, 5.74) is 3.76. The Morgan fingerprint density at radius 3 is 2.56 bits per heavy atom. The van der Waals surface area contributed by atoms with Crippen LogP contribution in [0.15, 0.2) is 71.1 Å². The highest BCUT2D eigenvalue weighted by Gasteiger charge is 2.25. The average molecular weight is 487 g/mol. The Morgan fingerprint density at radius 1 is 1.06 bits per heavy atom. The van der Waals surface area contributed by atoms with Gasteiger partial charge in [-0.05, 0) is 78.4 Å². The van der Waals surface area contributed by atoms with Crippen molar-refractivity contribution < 1.29 is 23.5 Å². The largest absolute Gasteiger partial charge is 0.455 e. The molecule has 184 valence electrons. The number of fused-ring (bicyclic) bond motifs is 1. The fourth-order valence-corrected chi connectivity index (χ4v) is 4.85. The second-order valence-electron chi connectivity index (χ2n) is 9.13. The molecule has 2 N–H and O–H groups in total. The lowest BCUT2D eigenvalue weighted by Crippen LogP contribution is -2.40. The second kappa shape index (κ2) is 9.95. The third-order valence-corrected chi connectivity index (χ3v) is 6.76. The molecule has 1 fully saturated rings. The van der Waals surface area contributed by atoms with Gasteiger partial charge in [-0.3, -0.25) is 9.59 Å². The van der Waals surface area contributed by atoms with Crippen LogP contribution in [0.2, 0.25) is 0 Å². The smallest absolute Gasteiger partial charge is 0.255 e. The zero-order chi connectivity index (χ0) is 25.2. The maximum absolute atomic E-state index is 13.5. The Labute approximate surface area is 208 Å². The van der Waals surface area contributed by atoms with Crippen molar-refractivity contribution in [2.75, 3.05) is 26.7 Å². The number of amides is 2. The fraction of sp³-hybridized carbons (Fsp3) is 0.241. The molecule has 0 aliphatic carbocycles. The van der Waals surface area contributed by atoms with Crippen molar-refractivity contribution in [3.63, 3.8) is 0 Å². The molecule has 6 nitrogen and oxygen atoms in total. The van der Waals surface area contributed by atoms with Crippen LogP contribution in [0.3, 0.4) is 0 Å². The first-order chi connectivity index (χ1) is 17.5. The third-order valence-electron chi connectivity index (χ3n) is 6.76. The molecule has 0 spiro atoms. The molecular formula is C29H27FN2O4. The van der Waals surface area contributed by atoms with Crippen molar-refractivity contribution in [3.05, 3.63) is 83.7 Å². The first-order valence-electron chi connectivity index (χ1n) is 12.0. The van der Waals surface area contributed by atoms with Gasteiger partial charge in [-0.2, -0.15) is 0 Å². The molecule has 1 atom stereocenters. The number of likely N-dealkylation sites (tertiary alicyclic amines) is 1. The highest BCUT2D eigenvalue weighted by Crippen LogP contribution is 2.36.